The summed E-state index contributed by atoms with van der Waals surface area (Å²) in [4.78, 5) is 3.09. The Labute approximate surface area is 124 Å². The zero-order valence-electron chi connectivity index (χ0n) is 12.0. The molecule has 2 aromatic rings. The highest BCUT2D eigenvalue weighted by atomic mass is 32.2. The number of nitrogen functional groups attached to an aromatic ring is 1. The predicted molar refractivity (Wildman–Crippen MR) is 88.5 cm³/mol. The van der Waals surface area contributed by atoms with Crippen molar-refractivity contribution in [1.82, 2.24) is 0 Å². The maximum Gasteiger partial charge on any atom is 0.126 e. The van der Waals surface area contributed by atoms with Gasteiger partial charge in [0.15, 0.2) is 0 Å². The smallest absolute Gasteiger partial charge is 0.126 e. The zero-order valence-corrected chi connectivity index (χ0v) is 12.8. The summed E-state index contributed by atoms with van der Waals surface area (Å²) >= 11 is 1.61. The van der Waals surface area contributed by atoms with Crippen LogP contribution in [0.2, 0.25) is 0 Å². The van der Waals surface area contributed by atoms with Crippen LogP contribution in [0.25, 0.3) is 0 Å². The van der Waals surface area contributed by atoms with Gasteiger partial charge in [-0.05, 0) is 37.4 Å². The van der Waals surface area contributed by atoms with E-state index in [-0.39, 0.29) is 5.84 Å². The molecule has 0 spiro atoms. The molecule has 0 radical (unpaired) electrons. The number of hydrogen-bond acceptors (Lipinski definition) is 3. The van der Waals surface area contributed by atoms with Crippen LogP contribution < -0.4 is 10.6 Å². The number of nitrogens with zero attached hydrogens (tertiary/aromatic N) is 1. The number of benzene rings is 2. The van der Waals surface area contributed by atoms with Crippen LogP contribution in [0.1, 0.15) is 11.1 Å². The van der Waals surface area contributed by atoms with Crippen molar-refractivity contribution >= 4 is 29.0 Å². The second kappa shape index (κ2) is 6.01. The molecule has 4 heteroatoms. The van der Waals surface area contributed by atoms with E-state index in [9.17, 15) is 0 Å². The van der Waals surface area contributed by atoms with Gasteiger partial charge >= 0.3 is 0 Å². The Morgan fingerprint density at radius 3 is 2.35 bits per heavy atom. The van der Waals surface area contributed by atoms with Crippen molar-refractivity contribution in [2.45, 2.75) is 11.8 Å². The maximum absolute atomic E-state index is 7.85. The van der Waals surface area contributed by atoms with Crippen molar-refractivity contribution in [2.75, 3.05) is 18.2 Å². The van der Waals surface area contributed by atoms with Crippen LogP contribution in [0.15, 0.2) is 47.4 Å². The largest absolute Gasteiger partial charge is 0.384 e. The highest BCUT2D eigenvalue weighted by Gasteiger charge is 2.14. The second-order valence-corrected chi connectivity index (χ2v) is 5.51. The first-order valence-electron chi connectivity index (χ1n) is 6.36. The Bertz CT molecular complexity index is 620. The third kappa shape index (κ3) is 2.80. The first-order chi connectivity index (χ1) is 9.54. The second-order valence-electron chi connectivity index (χ2n) is 4.66. The van der Waals surface area contributed by atoms with Gasteiger partial charge in [0.25, 0.3) is 0 Å². The highest BCUT2D eigenvalue weighted by Crippen LogP contribution is 2.32. The summed E-state index contributed by atoms with van der Waals surface area (Å²) in [6.07, 6.45) is 2.00. The summed E-state index contributed by atoms with van der Waals surface area (Å²) in [6, 6.07) is 14.3. The fourth-order valence-corrected chi connectivity index (χ4v) is 2.78. The van der Waals surface area contributed by atoms with Gasteiger partial charge in [0.05, 0.1) is 11.3 Å². The van der Waals surface area contributed by atoms with Crippen LogP contribution in [-0.2, 0) is 0 Å². The Morgan fingerprint density at radius 1 is 1.15 bits per heavy atom. The summed E-state index contributed by atoms with van der Waals surface area (Å²) in [5.41, 5.74) is 9.83. The molecule has 0 bridgehead atoms. The fraction of sp³-hybridized carbons (Fsp3) is 0.188. The minimum absolute atomic E-state index is 0.101. The molecule has 0 aromatic heterocycles. The van der Waals surface area contributed by atoms with Crippen LogP contribution in [0, 0.1) is 12.3 Å². The number of aryl methyl sites for hydroxylation is 1. The first kappa shape index (κ1) is 14.5. The zero-order chi connectivity index (χ0) is 14.7. The van der Waals surface area contributed by atoms with Crippen LogP contribution in [0.4, 0.5) is 11.4 Å². The van der Waals surface area contributed by atoms with Crippen LogP contribution in [0.5, 0.6) is 0 Å². The van der Waals surface area contributed by atoms with Crippen LogP contribution in [0.3, 0.4) is 0 Å². The van der Waals surface area contributed by atoms with Crippen molar-refractivity contribution in [2.24, 2.45) is 5.73 Å². The molecule has 0 fully saturated rings. The fourth-order valence-electron chi connectivity index (χ4n) is 2.15. The van der Waals surface area contributed by atoms with Gasteiger partial charge in [-0.2, -0.15) is 0 Å². The van der Waals surface area contributed by atoms with Crippen molar-refractivity contribution < 1.29 is 0 Å². The van der Waals surface area contributed by atoms with Crippen molar-refractivity contribution in [3.63, 3.8) is 0 Å². The number of rotatable bonds is 4. The Balaban J connectivity index is 2.51. The van der Waals surface area contributed by atoms with E-state index < -0.39 is 0 Å². The molecular weight excluding hydrogens is 266 g/mol. The van der Waals surface area contributed by atoms with Gasteiger partial charge in [0.1, 0.15) is 5.84 Å². The molecule has 0 aliphatic heterocycles. The molecule has 2 rings (SSSR count). The molecule has 0 aliphatic carbocycles. The lowest BCUT2D eigenvalue weighted by Gasteiger charge is -2.23. The third-order valence-electron chi connectivity index (χ3n) is 3.28. The normalized spacial score (nSPS) is 10.3. The molecular formula is C16H19N3S. The predicted octanol–water partition coefficient (Wildman–Crippen LogP) is 3.77. The quantitative estimate of drug-likeness (QED) is 0.511. The molecule has 2 aromatic carbocycles. The molecule has 0 aliphatic rings. The average molecular weight is 285 g/mol. The molecule has 20 heavy (non-hydrogen) atoms. The third-order valence-corrected chi connectivity index (χ3v) is 4.06. The summed E-state index contributed by atoms with van der Waals surface area (Å²) in [6.45, 7) is 2.07. The van der Waals surface area contributed by atoms with Gasteiger partial charge in [-0.1, -0.05) is 23.8 Å². The van der Waals surface area contributed by atoms with E-state index in [0.29, 0.717) is 0 Å². The highest BCUT2D eigenvalue weighted by molar-refractivity contribution is 7.98. The monoisotopic (exact) mass is 285 g/mol. The number of hydrogen-bond donors (Lipinski definition) is 2. The van der Waals surface area contributed by atoms with Crippen LogP contribution in [-0.4, -0.2) is 19.1 Å². The minimum Gasteiger partial charge on any atom is -0.384 e. The average Bonchev–Trinajstić information content (AvgIpc) is 2.46. The minimum atomic E-state index is 0.101. The van der Waals surface area contributed by atoms with Crippen LogP contribution >= 0.6 is 11.8 Å². The number of nitrogens with one attached hydrogen (secondary N) is 1. The molecule has 0 unspecified atom stereocenters. The summed E-state index contributed by atoms with van der Waals surface area (Å²) < 4.78 is 0. The molecule has 0 amide bonds. The first-order valence-corrected chi connectivity index (χ1v) is 7.59. The molecule has 104 valence electrons. The van der Waals surface area contributed by atoms with E-state index in [1.807, 2.05) is 31.5 Å². The van der Waals surface area contributed by atoms with Crippen molar-refractivity contribution in [1.29, 1.82) is 5.41 Å². The molecule has 3 N–H and O–H groups in total. The molecule has 0 saturated heterocycles. The lowest BCUT2D eigenvalue weighted by atomic mass is 10.1. The lowest BCUT2D eigenvalue weighted by molar-refractivity contribution is 1.18. The Hall–Kier alpha value is -1.94. The number of amidine groups is 1. The Kier molecular flexibility index (Phi) is 4.35. The van der Waals surface area contributed by atoms with E-state index in [0.717, 1.165) is 21.8 Å². The van der Waals surface area contributed by atoms with Crippen molar-refractivity contribution in [3.05, 3.63) is 53.6 Å². The Morgan fingerprint density at radius 2 is 1.80 bits per heavy atom. The van der Waals surface area contributed by atoms with Gasteiger partial charge in [-0.25, -0.2) is 0 Å². The lowest BCUT2D eigenvalue weighted by Crippen LogP contribution is -2.19. The summed E-state index contributed by atoms with van der Waals surface area (Å²) in [5.74, 6) is 0.101. The summed E-state index contributed by atoms with van der Waals surface area (Å²) in [5, 5.41) is 7.85. The molecule has 0 heterocycles. The van der Waals surface area contributed by atoms with Crippen molar-refractivity contribution in [3.8, 4) is 0 Å². The molecule has 0 atom stereocenters. The molecule has 3 nitrogen and oxygen atoms in total. The van der Waals surface area contributed by atoms with E-state index in [4.69, 9.17) is 11.1 Å². The van der Waals surface area contributed by atoms with E-state index in [1.165, 1.54) is 5.56 Å². The standard InChI is InChI=1S/C16H19N3S/c1-11-7-9-12(10-8-11)19(2)13-5-4-6-14(20-3)15(13)16(17)18/h4-10H,1-3H3,(H3,17,18). The summed E-state index contributed by atoms with van der Waals surface area (Å²) in [7, 11) is 2.00. The van der Waals surface area contributed by atoms with Gasteiger partial charge in [-0.15, -0.1) is 11.8 Å². The van der Waals surface area contributed by atoms with Gasteiger partial charge in [-0.3, -0.25) is 5.41 Å². The van der Waals surface area contributed by atoms with E-state index in [2.05, 4.69) is 36.1 Å². The van der Waals surface area contributed by atoms with Gasteiger partial charge < -0.3 is 10.6 Å². The number of thioether (sulfide) groups is 1. The van der Waals surface area contributed by atoms with E-state index >= 15 is 0 Å². The van der Waals surface area contributed by atoms with E-state index in [1.54, 1.807) is 11.8 Å². The molecule has 0 saturated carbocycles. The topological polar surface area (TPSA) is 53.1 Å². The number of nitrogens with two attached hydrogens (primary N) is 1. The van der Waals surface area contributed by atoms with Gasteiger partial charge in [0, 0.05) is 17.6 Å². The number of anilines is 2. The SMILES string of the molecule is CSc1cccc(N(C)c2ccc(C)cc2)c1C(=N)N. The maximum atomic E-state index is 7.85. The van der Waals surface area contributed by atoms with Gasteiger partial charge in [0.2, 0.25) is 0 Å².